The smallest absolute Gasteiger partial charge is 0.173 e. The summed E-state index contributed by atoms with van der Waals surface area (Å²) in [6.45, 7) is 8.87. The van der Waals surface area contributed by atoms with Crippen LogP contribution < -0.4 is 5.32 Å². The molecule has 0 bridgehead atoms. The van der Waals surface area contributed by atoms with Gasteiger partial charge in [-0.3, -0.25) is 4.90 Å². The van der Waals surface area contributed by atoms with Crippen molar-refractivity contribution < 1.29 is 4.74 Å². The molecule has 2 aromatic rings. The van der Waals surface area contributed by atoms with Crippen LogP contribution in [-0.2, 0) is 17.7 Å². The molecular weight excluding hydrogens is 374 g/mol. The molecule has 1 fully saturated rings. The number of aryl methyl sites for hydroxylation is 1. The van der Waals surface area contributed by atoms with Crippen molar-refractivity contribution in [2.24, 2.45) is 0 Å². The summed E-state index contributed by atoms with van der Waals surface area (Å²) < 4.78 is 5.44. The molecule has 1 N–H and O–H groups in total. The van der Waals surface area contributed by atoms with Crippen LogP contribution in [0.5, 0.6) is 0 Å². The van der Waals surface area contributed by atoms with Crippen molar-refractivity contribution in [2.45, 2.75) is 26.3 Å². The van der Waals surface area contributed by atoms with Gasteiger partial charge in [0.05, 0.1) is 19.8 Å². The first-order valence-electron chi connectivity index (χ1n) is 9.72. The van der Waals surface area contributed by atoms with Crippen LogP contribution in [0, 0.1) is 0 Å². The van der Waals surface area contributed by atoms with Gasteiger partial charge in [0.15, 0.2) is 5.11 Å². The second-order valence-corrected chi connectivity index (χ2v) is 8.21. The fourth-order valence-corrected chi connectivity index (χ4v) is 4.17. The van der Waals surface area contributed by atoms with Gasteiger partial charge in [0.25, 0.3) is 0 Å². The standard InChI is InChI=1S/C21H29N3OS2/c1-2-18-6-8-19(9-7-18)22-21(26)24(17-20-5-3-16-27-20)11-4-10-23-12-14-25-15-13-23/h3,5-9,16H,2,4,10-15,17H2,1H3,(H,22,26). The molecule has 0 radical (unpaired) electrons. The number of rotatable bonds is 8. The van der Waals surface area contributed by atoms with Crippen LogP contribution in [-0.4, -0.2) is 54.3 Å². The number of nitrogens with one attached hydrogen (secondary N) is 1. The number of thiocarbonyl (C=S) groups is 1. The van der Waals surface area contributed by atoms with Gasteiger partial charge < -0.3 is 15.0 Å². The van der Waals surface area contributed by atoms with Crippen molar-refractivity contribution in [3.8, 4) is 0 Å². The zero-order chi connectivity index (χ0) is 18.9. The Labute approximate surface area is 172 Å². The Hall–Kier alpha value is -1.47. The highest BCUT2D eigenvalue weighted by molar-refractivity contribution is 7.80. The lowest BCUT2D eigenvalue weighted by atomic mass is 10.1. The van der Waals surface area contributed by atoms with Gasteiger partial charge in [0.2, 0.25) is 0 Å². The predicted octanol–water partition coefficient (Wildman–Crippen LogP) is 4.23. The molecule has 0 aliphatic carbocycles. The Bertz CT molecular complexity index is 682. The summed E-state index contributed by atoms with van der Waals surface area (Å²) in [7, 11) is 0. The number of thiophene rings is 1. The van der Waals surface area contributed by atoms with Crippen molar-refractivity contribution in [1.29, 1.82) is 0 Å². The molecule has 1 aromatic heterocycles. The Kier molecular flexibility index (Phi) is 8.08. The van der Waals surface area contributed by atoms with Crippen molar-refractivity contribution in [2.75, 3.05) is 44.7 Å². The number of hydrogen-bond donors (Lipinski definition) is 1. The molecule has 1 saturated heterocycles. The number of ether oxygens (including phenoxy) is 1. The molecule has 4 nitrogen and oxygen atoms in total. The molecule has 0 amide bonds. The van der Waals surface area contributed by atoms with Crippen molar-refractivity contribution >= 4 is 34.4 Å². The molecule has 6 heteroatoms. The predicted molar refractivity (Wildman–Crippen MR) is 119 cm³/mol. The Morgan fingerprint density at radius 3 is 2.67 bits per heavy atom. The van der Waals surface area contributed by atoms with Crippen LogP contribution >= 0.6 is 23.6 Å². The summed E-state index contributed by atoms with van der Waals surface area (Å²) >= 11 is 7.53. The van der Waals surface area contributed by atoms with E-state index in [0.29, 0.717) is 0 Å². The summed E-state index contributed by atoms with van der Waals surface area (Å²) in [5.74, 6) is 0. The molecular formula is C21H29N3OS2. The zero-order valence-corrected chi connectivity index (χ0v) is 17.7. The highest BCUT2D eigenvalue weighted by atomic mass is 32.1. The maximum atomic E-state index is 5.75. The molecule has 0 unspecified atom stereocenters. The van der Waals surface area contributed by atoms with Gasteiger partial charge in [0, 0.05) is 36.7 Å². The monoisotopic (exact) mass is 403 g/mol. The Morgan fingerprint density at radius 2 is 2.00 bits per heavy atom. The summed E-state index contributed by atoms with van der Waals surface area (Å²) in [5.41, 5.74) is 2.40. The minimum Gasteiger partial charge on any atom is -0.379 e. The summed E-state index contributed by atoms with van der Waals surface area (Å²) in [5, 5.41) is 6.35. The maximum absolute atomic E-state index is 5.75. The number of hydrogen-bond acceptors (Lipinski definition) is 4. The van der Waals surface area contributed by atoms with Gasteiger partial charge in [-0.2, -0.15) is 0 Å². The molecule has 27 heavy (non-hydrogen) atoms. The van der Waals surface area contributed by atoms with Crippen LogP contribution in [0.4, 0.5) is 5.69 Å². The summed E-state index contributed by atoms with van der Waals surface area (Å²) in [6.07, 6.45) is 2.15. The molecule has 1 aromatic carbocycles. The van der Waals surface area contributed by atoms with E-state index >= 15 is 0 Å². The summed E-state index contributed by atoms with van der Waals surface area (Å²) in [6, 6.07) is 12.8. The third kappa shape index (κ3) is 6.57. The molecule has 146 valence electrons. The van der Waals surface area contributed by atoms with Crippen LogP contribution in [0.1, 0.15) is 23.8 Å². The van der Waals surface area contributed by atoms with Gasteiger partial charge in [-0.1, -0.05) is 25.1 Å². The minimum absolute atomic E-state index is 0.801. The number of nitrogens with zero attached hydrogens (tertiary/aromatic N) is 2. The molecule has 1 aliphatic rings. The Balaban J connectivity index is 1.56. The molecule has 1 aliphatic heterocycles. The van der Waals surface area contributed by atoms with Gasteiger partial charge in [-0.25, -0.2) is 0 Å². The van der Waals surface area contributed by atoms with Crippen LogP contribution in [0.2, 0.25) is 0 Å². The molecule has 0 atom stereocenters. The number of anilines is 1. The van der Waals surface area contributed by atoms with Crippen LogP contribution in [0.15, 0.2) is 41.8 Å². The minimum atomic E-state index is 0.801. The first-order valence-corrected chi connectivity index (χ1v) is 11.0. The van der Waals surface area contributed by atoms with E-state index in [1.807, 2.05) is 0 Å². The zero-order valence-electron chi connectivity index (χ0n) is 16.0. The topological polar surface area (TPSA) is 27.7 Å². The highest BCUT2D eigenvalue weighted by Crippen LogP contribution is 2.15. The molecule has 3 rings (SSSR count). The van der Waals surface area contributed by atoms with Gasteiger partial charge in [-0.15, -0.1) is 11.3 Å². The van der Waals surface area contributed by atoms with E-state index < -0.39 is 0 Å². The average molecular weight is 404 g/mol. The second kappa shape index (κ2) is 10.8. The fourth-order valence-electron chi connectivity index (χ4n) is 3.18. The summed E-state index contributed by atoms with van der Waals surface area (Å²) in [4.78, 5) is 6.11. The van der Waals surface area contributed by atoms with Crippen molar-refractivity contribution in [3.05, 3.63) is 52.2 Å². The number of benzene rings is 1. The van der Waals surface area contributed by atoms with Gasteiger partial charge in [-0.05, 0) is 54.2 Å². The van der Waals surface area contributed by atoms with E-state index in [1.165, 1.54) is 10.4 Å². The van der Waals surface area contributed by atoms with Gasteiger partial charge >= 0.3 is 0 Å². The van der Waals surface area contributed by atoms with E-state index in [4.69, 9.17) is 17.0 Å². The van der Waals surface area contributed by atoms with Crippen molar-refractivity contribution in [3.63, 3.8) is 0 Å². The van der Waals surface area contributed by atoms with Crippen LogP contribution in [0.3, 0.4) is 0 Å². The lowest BCUT2D eigenvalue weighted by Crippen LogP contribution is -2.39. The lowest BCUT2D eigenvalue weighted by Gasteiger charge is -2.29. The highest BCUT2D eigenvalue weighted by Gasteiger charge is 2.14. The quantitative estimate of drug-likeness (QED) is 0.666. The third-order valence-corrected chi connectivity index (χ3v) is 6.05. The lowest BCUT2D eigenvalue weighted by molar-refractivity contribution is 0.0368. The molecule has 0 spiro atoms. The largest absolute Gasteiger partial charge is 0.379 e. The normalized spacial score (nSPS) is 14.9. The average Bonchev–Trinajstić information content (AvgIpc) is 3.22. The molecule has 2 heterocycles. The SMILES string of the molecule is CCc1ccc(NC(=S)N(CCCN2CCOCC2)Cc2cccs2)cc1. The van der Waals surface area contributed by atoms with E-state index in [1.54, 1.807) is 11.3 Å². The third-order valence-electron chi connectivity index (χ3n) is 4.83. The first-order chi connectivity index (χ1) is 13.2. The van der Waals surface area contributed by atoms with E-state index in [0.717, 1.165) is 69.6 Å². The van der Waals surface area contributed by atoms with E-state index in [-0.39, 0.29) is 0 Å². The molecule has 0 saturated carbocycles. The van der Waals surface area contributed by atoms with Crippen molar-refractivity contribution in [1.82, 2.24) is 9.80 Å². The maximum Gasteiger partial charge on any atom is 0.173 e. The number of morpholine rings is 1. The fraction of sp³-hybridized carbons (Fsp3) is 0.476. The Morgan fingerprint density at radius 1 is 1.22 bits per heavy atom. The van der Waals surface area contributed by atoms with E-state index in [2.05, 4.69) is 63.8 Å². The first kappa shape index (κ1) is 20.3. The second-order valence-electron chi connectivity index (χ2n) is 6.79. The van der Waals surface area contributed by atoms with Gasteiger partial charge in [0.1, 0.15) is 0 Å². The van der Waals surface area contributed by atoms with Crippen LogP contribution in [0.25, 0.3) is 0 Å². The van der Waals surface area contributed by atoms with E-state index in [9.17, 15) is 0 Å².